The summed E-state index contributed by atoms with van der Waals surface area (Å²) in [4.78, 5) is 22.9. The lowest BCUT2D eigenvalue weighted by atomic mass is 10.2. The number of hydrogen-bond donors (Lipinski definition) is 0. The number of carbonyl (C=O) groups is 1. The summed E-state index contributed by atoms with van der Waals surface area (Å²) in [5.41, 5.74) is 1.05. The molecule has 10 heteroatoms. The van der Waals surface area contributed by atoms with Gasteiger partial charge in [0.1, 0.15) is 18.5 Å². The molecule has 27 heavy (non-hydrogen) atoms. The second-order valence-electron chi connectivity index (χ2n) is 6.00. The Labute approximate surface area is 161 Å². The summed E-state index contributed by atoms with van der Waals surface area (Å²) in [5, 5.41) is 4.40. The fourth-order valence-electron chi connectivity index (χ4n) is 2.65. The van der Waals surface area contributed by atoms with Crippen molar-refractivity contribution < 1.29 is 23.5 Å². The zero-order valence-corrected chi connectivity index (χ0v) is 16.3. The molecule has 0 spiro atoms. The third-order valence-electron chi connectivity index (χ3n) is 3.90. The van der Waals surface area contributed by atoms with Crippen LogP contribution >= 0.6 is 11.8 Å². The number of aromatic nitrogens is 3. The number of ether oxygens (including phenoxy) is 3. The summed E-state index contributed by atoms with van der Waals surface area (Å²) in [6, 6.07) is 3.37. The van der Waals surface area contributed by atoms with E-state index in [1.807, 2.05) is 6.26 Å². The second kappa shape index (κ2) is 9.16. The van der Waals surface area contributed by atoms with E-state index >= 15 is 0 Å². The largest absolute Gasteiger partial charge is 0.475 e. The second-order valence-corrected chi connectivity index (χ2v) is 6.77. The predicted molar refractivity (Wildman–Crippen MR) is 96.9 cm³/mol. The molecular formula is C17H22N4O5S. The van der Waals surface area contributed by atoms with Crippen LogP contribution in [0.3, 0.4) is 0 Å². The number of nitrogens with zero attached hydrogens (tertiary/aromatic N) is 4. The van der Waals surface area contributed by atoms with Gasteiger partial charge in [0.2, 0.25) is 5.88 Å². The minimum Gasteiger partial charge on any atom is -0.475 e. The number of carbonyl (C=O) groups excluding carboxylic acids is 1. The van der Waals surface area contributed by atoms with Crippen molar-refractivity contribution in [1.82, 2.24) is 20.0 Å². The van der Waals surface area contributed by atoms with Gasteiger partial charge in [-0.2, -0.15) is 4.98 Å². The van der Waals surface area contributed by atoms with Gasteiger partial charge in [-0.15, -0.1) is 0 Å². The average molecular weight is 394 g/mol. The number of methoxy groups -OCH3 is 1. The third-order valence-corrected chi connectivity index (χ3v) is 4.45. The van der Waals surface area contributed by atoms with Crippen LogP contribution in [0.4, 0.5) is 0 Å². The Bertz CT molecular complexity index is 784. The minimum atomic E-state index is -0.255. The normalized spacial score (nSPS) is 17.1. The smallest absolute Gasteiger partial charge is 0.276 e. The van der Waals surface area contributed by atoms with Crippen LogP contribution < -0.4 is 4.74 Å². The molecule has 0 N–H and O–H groups in total. The van der Waals surface area contributed by atoms with Crippen LogP contribution in [0.15, 0.2) is 21.8 Å². The summed E-state index contributed by atoms with van der Waals surface area (Å²) in [6.45, 7) is 3.76. The van der Waals surface area contributed by atoms with Crippen LogP contribution in [0, 0.1) is 6.92 Å². The molecule has 3 heterocycles. The van der Waals surface area contributed by atoms with Crippen molar-refractivity contribution in [2.75, 3.05) is 39.7 Å². The maximum atomic E-state index is 12.5. The van der Waals surface area contributed by atoms with E-state index < -0.39 is 0 Å². The maximum Gasteiger partial charge on any atom is 0.276 e. The van der Waals surface area contributed by atoms with Crippen LogP contribution in [0.2, 0.25) is 0 Å². The van der Waals surface area contributed by atoms with Crippen LogP contribution in [0.1, 0.15) is 21.9 Å². The van der Waals surface area contributed by atoms with Crippen molar-refractivity contribution in [3.05, 3.63) is 29.3 Å². The quantitative estimate of drug-likeness (QED) is 0.511. The first-order valence-corrected chi connectivity index (χ1v) is 9.69. The summed E-state index contributed by atoms with van der Waals surface area (Å²) in [6.07, 6.45) is 1.64. The van der Waals surface area contributed by atoms with Gasteiger partial charge in [0, 0.05) is 25.8 Å². The SMILES string of the molecule is COCc1cc(OCC2CN(C(=O)c3cc(C)on3)CCO2)nc(SC)n1. The van der Waals surface area contributed by atoms with Gasteiger partial charge in [0.25, 0.3) is 5.91 Å². The molecule has 2 aromatic rings. The van der Waals surface area contributed by atoms with Crippen molar-refractivity contribution in [3.8, 4) is 5.88 Å². The Hall–Kier alpha value is -2.17. The summed E-state index contributed by atoms with van der Waals surface area (Å²) >= 11 is 1.43. The maximum absolute atomic E-state index is 12.5. The number of hydrogen-bond acceptors (Lipinski definition) is 9. The van der Waals surface area contributed by atoms with Gasteiger partial charge in [0.05, 0.1) is 25.5 Å². The summed E-state index contributed by atoms with van der Waals surface area (Å²) < 4.78 is 21.6. The van der Waals surface area contributed by atoms with Crippen molar-refractivity contribution >= 4 is 17.7 Å². The molecular weight excluding hydrogens is 372 g/mol. The third kappa shape index (κ3) is 5.18. The molecule has 0 aromatic carbocycles. The number of amides is 1. The number of thioether (sulfide) groups is 1. The lowest BCUT2D eigenvalue weighted by molar-refractivity contribution is -0.0410. The van der Waals surface area contributed by atoms with Gasteiger partial charge in [-0.1, -0.05) is 16.9 Å². The Morgan fingerprint density at radius 2 is 2.26 bits per heavy atom. The van der Waals surface area contributed by atoms with Crippen LogP contribution in [-0.4, -0.2) is 71.7 Å². The molecule has 3 rings (SSSR count). The monoisotopic (exact) mass is 394 g/mol. The molecule has 1 fully saturated rings. The molecule has 0 bridgehead atoms. The van der Waals surface area contributed by atoms with E-state index in [1.54, 1.807) is 31.1 Å². The zero-order chi connectivity index (χ0) is 19.2. The minimum absolute atomic E-state index is 0.172. The Morgan fingerprint density at radius 3 is 2.96 bits per heavy atom. The fourth-order valence-corrected chi connectivity index (χ4v) is 3.04. The fraction of sp³-hybridized carbons (Fsp3) is 0.529. The lowest BCUT2D eigenvalue weighted by Gasteiger charge is -2.32. The van der Waals surface area contributed by atoms with Gasteiger partial charge < -0.3 is 23.6 Å². The van der Waals surface area contributed by atoms with Gasteiger partial charge in [-0.25, -0.2) is 4.98 Å². The van der Waals surface area contributed by atoms with Crippen LogP contribution in [-0.2, 0) is 16.1 Å². The molecule has 1 aliphatic heterocycles. The first kappa shape index (κ1) is 19.6. The van der Waals surface area contributed by atoms with Crippen LogP contribution in [0.25, 0.3) is 0 Å². The highest BCUT2D eigenvalue weighted by molar-refractivity contribution is 7.98. The van der Waals surface area contributed by atoms with Crippen molar-refractivity contribution in [2.24, 2.45) is 0 Å². The molecule has 0 saturated carbocycles. The van der Waals surface area contributed by atoms with Gasteiger partial charge in [-0.3, -0.25) is 4.79 Å². The van der Waals surface area contributed by atoms with Crippen molar-refractivity contribution in [2.45, 2.75) is 24.8 Å². The van der Waals surface area contributed by atoms with E-state index in [-0.39, 0.29) is 18.6 Å². The Balaban J connectivity index is 1.59. The van der Waals surface area contributed by atoms with E-state index in [1.165, 1.54) is 11.8 Å². The molecule has 2 aromatic heterocycles. The van der Waals surface area contributed by atoms with Gasteiger partial charge in [0.15, 0.2) is 10.9 Å². The zero-order valence-electron chi connectivity index (χ0n) is 15.5. The first-order valence-electron chi connectivity index (χ1n) is 8.47. The number of aryl methyl sites for hydroxylation is 1. The highest BCUT2D eigenvalue weighted by Crippen LogP contribution is 2.18. The number of morpholine rings is 1. The van der Waals surface area contributed by atoms with Crippen LogP contribution in [0.5, 0.6) is 5.88 Å². The van der Waals surface area contributed by atoms with Crippen molar-refractivity contribution in [1.29, 1.82) is 0 Å². The molecule has 1 aliphatic rings. The van der Waals surface area contributed by atoms with Gasteiger partial charge >= 0.3 is 0 Å². The van der Waals surface area contributed by atoms with Crippen molar-refractivity contribution in [3.63, 3.8) is 0 Å². The standard InChI is InChI=1S/C17H22N4O5S/c1-11-6-14(20-26-11)16(22)21-4-5-24-13(8-21)10-25-15-7-12(9-23-2)18-17(19-15)27-3/h6-7,13H,4-5,8-10H2,1-3H3. The van der Waals surface area contributed by atoms with E-state index in [4.69, 9.17) is 18.7 Å². The Kier molecular flexibility index (Phi) is 6.64. The van der Waals surface area contributed by atoms with E-state index in [2.05, 4.69) is 15.1 Å². The Morgan fingerprint density at radius 1 is 1.41 bits per heavy atom. The van der Waals surface area contributed by atoms with E-state index in [0.717, 1.165) is 5.69 Å². The summed E-state index contributed by atoms with van der Waals surface area (Å²) in [5.74, 6) is 0.890. The van der Waals surface area contributed by atoms with E-state index in [0.29, 0.717) is 48.8 Å². The highest BCUT2D eigenvalue weighted by Gasteiger charge is 2.27. The molecule has 1 saturated heterocycles. The molecule has 146 valence electrons. The molecule has 9 nitrogen and oxygen atoms in total. The molecule has 1 unspecified atom stereocenters. The highest BCUT2D eigenvalue weighted by atomic mass is 32.2. The average Bonchev–Trinajstić information content (AvgIpc) is 3.12. The lowest BCUT2D eigenvalue weighted by Crippen LogP contribution is -2.47. The van der Waals surface area contributed by atoms with Gasteiger partial charge in [-0.05, 0) is 13.2 Å². The summed E-state index contributed by atoms with van der Waals surface area (Å²) in [7, 11) is 1.61. The topological polar surface area (TPSA) is 99.8 Å². The molecule has 1 amide bonds. The molecule has 0 radical (unpaired) electrons. The predicted octanol–water partition coefficient (Wildman–Crippen LogP) is 1.56. The molecule has 0 aliphatic carbocycles. The first-order chi connectivity index (χ1) is 13.1. The number of rotatable bonds is 7. The molecule has 1 atom stereocenters. The van der Waals surface area contributed by atoms with E-state index in [9.17, 15) is 4.79 Å².